The summed E-state index contributed by atoms with van der Waals surface area (Å²) >= 11 is 0. The average Bonchev–Trinajstić information content (AvgIpc) is 1.48. The Morgan fingerprint density at radius 1 is 0.292 bits per heavy atom. The van der Waals surface area contributed by atoms with Crippen LogP contribution in [0.25, 0.3) is 0 Å². The van der Waals surface area contributed by atoms with Crippen LogP contribution >= 0.6 is 0 Å². The van der Waals surface area contributed by atoms with Crippen LogP contribution in [0.3, 0.4) is 0 Å². The van der Waals surface area contributed by atoms with Gasteiger partial charge in [-0.1, -0.05) is 252 Å². The van der Waals surface area contributed by atoms with Crippen LogP contribution in [0.5, 0.6) is 0 Å². The van der Waals surface area contributed by atoms with Crippen molar-refractivity contribution in [1.29, 1.82) is 0 Å². The molecule has 732 valence electrons. The number of hydrogen-bond donors (Lipinski definition) is 0. The lowest BCUT2D eigenvalue weighted by Gasteiger charge is -2.49. The average molecular weight is 1710 g/mol. The Kier molecular flexibility index (Phi) is 96.4. The standard InChI is InChI=1S/2C15H30N2.C14H28N2O.C14H28N2.C10H20N2.C9H12.C5H12.C4H10.11C2H6.CH4/c1-13(2)16-9-5-15(6-10-16)7-11-17(12-8-15)14(3)4;1-13(2)16-10-7-15(8-11-16)6-5-9-17(12-15)14(3)4;1-12(2)15-7-5-14(6-8-15)11-16(13(3)4)9-10-17-14;1-12(2)15-8-5-14(6-9-15)7-10-16(11-14)13(3)4;1-9(2)12-7-6-11-5-3-4-10(11)8-12;1-8(2)9-6-4-3-5-7-9;1-4-5(2)3;1-4(2)3;11*1-2;/h2*13-14H,5-12H2,1-4H3;12-13H,5-11H2,1-4H3;12-13H,5-11H2,1-4H3;9-10H,3-8H2,1-2H3;3-8H,1-2H3;5H,4H2,1-3H3;4H,1-3H3;11*1-2H3;1H4. The van der Waals surface area contributed by atoms with E-state index in [1.807, 2.05) is 158 Å². The molecule has 0 radical (unpaired) electrons. The molecule has 10 aliphatic heterocycles. The molecule has 0 saturated carbocycles. The van der Waals surface area contributed by atoms with E-state index in [-0.39, 0.29) is 13.0 Å². The van der Waals surface area contributed by atoms with E-state index in [1.165, 1.54) is 226 Å². The van der Waals surface area contributed by atoms with Crippen molar-refractivity contribution in [2.45, 2.75) is 514 Å². The number of rotatable bonds is 11. The lowest BCUT2D eigenvalue weighted by molar-refractivity contribution is -0.143. The van der Waals surface area contributed by atoms with Crippen molar-refractivity contribution in [3.05, 3.63) is 35.9 Å². The highest BCUT2D eigenvalue weighted by Gasteiger charge is 2.44. The fraction of sp³-hybridized carbons (Fsp3) is 0.945. The Bertz CT molecular complexity index is 2040. The molecule has 0 aromatic heterocycles. The monoisotopic (exact) mass is 1710 g/mol. The maximum absolute atomic E-state index is 6.15. The maximum atomic E-state index is 6.15. The number of morpholine rings is 1. The molecule has 0 aliphatic carbocycles. The number of nitrogens with zero attached hydrogens (tertiary/aromatic N) is 10. The molecule has 0 amide bonds. The number of likely N-dealkylation sites (tertiary alicyclic amines) is 7. The Morgan fingerprint density at radius 3 is 0.833 bits per heavy atom. The van der Waals surface area contributed by atoms with Crippen molar-refractivity contribution in [2.24, 2.45) is 28.1 Å². The van der Waals surface area contributed by atoms with Crippen molar-refractivity contribution >= 4 is 0 Å². The van der Waals surface area contributed by atoms with Gasteiger partial charge >= 0.3 is 0 Å². The van der Waals surface area contributed by atoms with Gasteiger partial charge in [-0.2, -0.15) is 0 Å². The second kappa shape index (κ2) is 84.6. The van der Waals surface area contributed by atoms with Crippen molar-refractivity contribution in [3.8, 4) is 0 Å². The molecule has 10 aliphatic rings. The normalized spacial score (nSPS) is 20.5. The SMILES string of the molecule is C.CC.CC.CC.CC.CC.CC.CC.CC.CC.CC.CC.CC(C)C.CC(C)N1CCC2(CC1)CCN(C(C)C)C2.CC(C)N1CCC2(CC1)CCN(C(C)C)CC2.CC(C)N1CCC2(CC1)CN(C(C)C)CCO2.CC(C)N1CCC2(CCCN(C(C)C)C2)CC1.CC(C)N1CCN2CCCC2C1.CC(C)c1ccccc1.CCC(C)C. The quantitative estimate of drug-likeness (QED) is 0.213. The van der Waals surface area contributed by atoms with E-state index in [9.17, 15) is 0 Å². The molecule has 10 heterocycles. The molecule has 1 aromatic rings. The topological polar surface area (TPSA) is 41.6 Å². The Hall–Kier alpha value is -1.22. The molecular weight excluding hydrogens is 1470 g/mol. The Labute approximate surface area is 765 Å². The molecule has 11 nitrogen and oxygen atoms in total. The lowest BCUT2D eigenvalue weighted by Crippen LogP contribution is -2.58. The van der Waals surface area contributed by atoms with Gasteiger partial charge in [0.1, 0.15) is 0 Å². The minimum absolute atomic E-state index is 0. The first-order valence-electron chi connectivity index (χ1n) is 52.8. The largest absolute Gasteiger partial charge is 0.372 e. The van der Waals surface area contributed by atoms with E-state index in [0.29, 0.717) is 34.2 Å². The first-order valence-corrected chi connectivity index (χ1v) is 52.8. The third-order valence-electron chi connectivity index (χ3n) is 25.1. The summed E-state index contributed by atoms with van der Waals surface area (Å²) in [7, 11) is 0. The molecule has 11 heteroatoms. The van der Waals surface area contributed by atoms with Crippen molar-refractivity contribution in [3.63, 3.8) is 0 Å². The second-order valence-corrected chi connectivity index (χ2v) is 36.7. The van der Waals surface area contributed by atoms with Gasteiger partial charge in [-0.15, -0.1) is 0 Å². The molecule has 0 N–H and O–H groups in total. The zero-order valence-electron chi connectivity index (χ0n) is 91.9. The van der Waals surface area contributed by atoms with Crippen LogP contribution in [-0.4, -0.2) is 253 Å². The maximum Gasteiger partial charge on any atom is 0.0833 e. The van der Waals surface area contributed by atoms with Crippen molar-refractivity contribution < 1.29 is 4.74 Å². The molecule has 1 aromatic carbocycles. The number of piperidine rings is 6. The number of ether oxygens (including phenoxy) is 1. The molecule has 10 saturated heterocycles. The van der Waals surface area contributed by atoms with E-state index in [0.717, 1.165) is 79.9 Å². The van der Waals surface area contributed by atoms with Crippen molar-refractivity contribution in [2.75, 3.05) is 138 Å². The smallest absolute Gasteiger partial charge is 0.0833 e. The molecule has 11 rings (SSSR count). The molecule has 1 atom stereocenters. The van der Waals surface area contributed by atoms with E-state index < -0.39 is 0 Å². The summed E-state index contributed by atoms with van der Waals surface area (Å²) in [6.45, 7) is 130. The summed E-state index contributed by atoms with van der Waals surface area (Å²) in [5, 5.41) is 0. The van der Waals surface area contributed by atoms with Crippen LogP contribution in [0, 0.1) is 28.1 Å². The third kappa shape index (κ3) is 59.1. The molecular formula is C109H240N10O. The summed E-state index contributed by atoms with van der Waals surface area (Å²) in [5.74, 6) is 2.38. The number of piperazine rings is 1. The van der Waals surface area contributed by atoms with Crippen LogP contribution in [0.4, 0.5) is 0 Å². The van der Waals surface area contributed by atoms with Gasteiger partial charge in [0, 0.05) is 119 Å². The lowest BCUT2D eigenvalue weighted by atomic mass is 9.71. The fourth-order valence-electron chi connectivity index (χ4n) is 16.9. The fourth-order valence-corrected chi connectivity index (χ4v) is 16.9. The second-order valence-electron chi connectivity index (χ2n) is 36.7. The molecule has 120 heavy (non-hydrogen) atoms. The summed E-state index contributed by atoms with van der Waals surface area (Å²) < 4.78 is 6.15. The van der Waals surface area contributed by atoms with Crippen LogP contribution in [0.15, 0.2) is 30.3 Å². The highest BCUT2D eigenvalue weighted by molar-refractivity contribution is 5.17. The molecule has 0 bridgehead atoms. The van der Waals surface area contributed by atoms with Gasteiger partial charge < -0.3 is 39.0 Å². The van der Waals surface area contributed by atoms with Crippen LogP contribution in [0.1, 0.15) is 454 Å². The summed E-state index contributed by atoms with van der Waals surface area (Å²) in [6, 6.07) is 17.9. The minimum atomic E-state index is 0. The van der Waals surface area contributed by atoms with E-state index in [2.05, 4.69) is 253 Å². The highest BCUT2D eigenvalue weighted by Crippen LogP contribution is 2.44. The summed E-state index contributed by atoms with van der Waals surface area (Å²) in [5.41, 5.74) is 3.62. The highest BCUT2D eigenvalue weighted by atomic mass is 16.5. The van der Waals surface area contributed by atoms with Crippen LogP contribution in [0.2, 0.25) is 0 Å². The molecule has 10 fully saturated rings. The Morgan fingerprint density at radius 2 is 0.558 bits per heavy atom. The minimum Gasteiger partial charge on any atom is -0.372 e. The van der Waals surface area contributed by atoms with Gasteiger partial charge in [0.15, 0.2) is 0 Å². The number of hydrogen-bond acceptors (Lipinski definition) is 11. The van der Waals surface area contributed by atoms with E-state index in [1.54, 1.807) is 0 Å². The predicted molar refractivity (Wildman–Crippen MR) is 559 cm³/mol. The van der Waals surface area contributed by atoms with Crippen LogP contribution < -0.4 is 0 Å². The van der Waals surface area contributed by atoms with Gasteiger partial charge in [-0.05, 0) is 332 Å². The van der Waals surface area contributed by atoms with Crippen molar-refractivity contribution in [1.82, 2.24) is 49.0 Å². The molecule has 1 unspecified atom stereocenters. The van der Waals surface area contributed by atoms with E-state index in [4.69, 9.17) is 4.74 Å². The van der Waals surface area contributed by atoms with Gasteiger partial charge in [-0.25, -0.2) is 0 Å². The van der Waals surface area contributed by atoms with Gasteiger partial charge in [0.25, 0.3) is 0 Å². The van der Waals surface area contributed by atoms with Gasteiger partial charge in [0.2, 0.25) is 0 Å². The third-order valence-corrected chi connectivity index (χ3v) is 25.1. The summed E-state index contributed by atoms with van der Waals surface area (Å²) in [4.78, 5) is 26.4. The summed E-state index contributed by atoms with van der Waals surface area (Å²) in [6.07, 6.45) is 22.4. The zero-order valence-corrected chi connectivity index (χ0v) is 91.9. The van der Waals surface area contributed by atoms with Gasteiger partial charge in [-0.3, -0.25) is 14.7 Å². The number of fused-ring (bicyclic) bond motifs is 1. The molecule has 4 spiro atoms. The first-order chi connectivity index (χ1) is 56.7. The zero-order chi connectivity index (χ0) is 94.3. The number of benzene rings is 1. The van der Waals surface area contributed by atoms with E-state index >= 15 is 0 Å². The first kappa shape index (κ1) is 137. The predicted octanol–water partition coefficient (Wildman–Crippen LogP) is 30.1. The van der Waals surface area contributed by atoms with Gasteiger partial charge in [0.05, 0.1) is 12.2 Å². The van der Waals surface area contributed by atoms with Crippen LogP contribution in [-0.2, 0) is 4.74 Å². The Balaban J connectivity index is -0.000000165.